The molecular weight excluding hydrogens is 262 g/mol. The van der Waals surface area contributed by atoms with Crippen LogP contribution >= 0.6 is 0 Å². The summed E-state index contributed by atoms with van der Waals surface area (Å²) >= 11 is 0. The summed E-state index contributed by atoms with van der Waals surface area (Å²) in [6, 6.07) is 2.67. The monoisotopic (exact) mass is 281 g/mol. The second-order valence-electron chi connectivity index (χ2n) is 3.36. The van der Waals surface area contributed by atoms with Gasteiger partial charge in [-0.25, -0.2) is 9.98 Å². The van der Waals surface area contributed by atoms with Crippen LogP contribution in [0, 0.1) is 0 Å². The predicted molar refractivity (Wildman–Crippen MR) is 66.7 cm³/mol. The minimum atomic E-state index is -4.67. The summed E-state index contributed by atoms with van der Waals surface area (Å²) in [6.07, 6.45) is 0. The third-order valence-corrected chi connectivity index (χ3v) is 1.93. The van der Waals surface area contributed by atoms with Gasteiger partial charge >= 0.3 is 10.4 Å². The molecule has 1 heterocycles. The molecule has 2 N–H and O–H groups in total. The fourth-order valence-electron chi connectivity index (χ4n) is 1.19. The molecule has 1 saturated heterocycles. The van der Waals surface area contributed by atoms with Gasteiger partial charge in [0, 0.05) is 26.2 Å². The van der Waals surface area contributed by atoms with Crippen molar-refractivity contribution in [1.29, 1.82) is 0 Å². The maximum absolute atomic E-state index is 8.74. The van der Waals surface area contributed by atoms with Crippen molar-refractivity contribution in [1.82, 2.24) is 4.90 Å². The second-order valence-corrected chi connectivity index (χ2v) is 4.25. The molecule has 106 valence electrons. The average molecular weight is 281 g/mol. The summed E-state index contributed by atoms with van der Waals surface area (Å²) in [5.41, 5.74) is 0. The first-order valence-electron chi connectivity index (χ1n) is 5.51. The Morgan fingerprint density at radius 2 is 1.83 bits per heavy atom. The van der Waals surface area contributed by atoms with E-state index in [9.17, 15) is 0 Å². The first-order valence-corrected chi connectivity index (χ1v) is 6.91. The summed E-state index contributed by atoms with van der Waals surface area (Å²) in [5.74, 6) is 0. The molecule has 1 rings (SSSR count). The van der Waals surface area contributed by atoms with Crippen LogP contribution in [0.1, 0.15) is 6.92 Å². The molecule has 8 nitrogen and oxygen atoms in total. The van der Waals surface area contributed by atoms with Crippen molar-refractivity contribution in [2.75, 3.05) is 45.9 Å². The second kappa shape index (κ2) is 10.1. The third kappa shape index (κ3) is 15.2. The molecule has 0 aromatic rings. The Balaban J connectivity index is 0.000000494. The normalized spacial score (nSPS) is 16.2. The Hall–Kier alpha value is -0.830. The lowest BCUT2D eigenvalue weighted by atomic mass is 10.4. The molecule has 0 atom stereocenters. The smallest absolute Gasteiger partial charge is 0.379 e. The maximum atomic E-state index is 8.74. The van der Waals surface area contributed by atoms with E-state index in [1.165, 1.54) is 0 Å². The van der Waals surface area contributed by atoms with E-state index in [1.807, 2.05) is 6.92 Å². The number of ether oxygens (including phenoxy) is 1. The average Bonchev–Trinajstić information content (AvgIpc) is 2.28. The van der Waals surface area contributed by atoms with E-state index >= 15 is 0 Å². The van der Waals surface area contributed by atoms with Crippen LogP contribution < -0.4 is 0 Å². The van der Waals surface area contributed by atoms with Gasteiger partial charge in [0.25, 0.3) is 0 Å². The van der Waals surface area contributed by atoms with Crippen LogP contribution in [-0.2, 0) is 15.1 Å². The molecule has 0 aliphatic carbocycles. The Kier molecular flexibility index (Phi) is 9.66. The predicted octanol–water partition coefficient (Wildman–Crippen LogP) is -0.140. The van der Waals surface area contributed by atoms with Crippen molar-refractivity contribution in [3.63, 3.8) is 0 Å². The molecule has 0 saturated carbocycles. The van der Waals surface area contributed by atoms with Gasteiger partial charge in [-0.3, -0.25) is 14.0 Å². The van der Waals surface area contributed by atoms with E-state index in [0.29, 0.717) is 0 Å². The Morgan fingerprint density at radius 3 is 2.33 bits per heavy atom. The standard InChI is InChI=1S/C9H17N3O.H2O4S/c1-2-10-9-11-3-4-12-5-7-13-8-6-12;1-5(2,3)4/h2-8H2,1H3;(H2,1,2,3,4). The highest BCUT2D eigenvalue weighted by molar-refractivity contribution is 7.79. The van der Waals surface area contributed by atoms with Crippen LogP contribution in [-0.4, -0.2) is 74.4 Å². The van der Waals surface area contributed by atoms with Crippen LogP contribution in [0.5, 0.6) is 0 Å². The summed E-state index contributed by atoms with van der Waals surface area (Å²) in [5, 5.41) is 0. The van der Waals surface area contributed by atoms with E-state index in [2.05, 4.69) is 20.9 Å². The van der Waals surface area contributed by atoms with E-state index in [0.717, 1.165) is 45.9 Å². The molecular formula is C9H19N3O5S. The van der Waals surface area contributed by atoms with E-state index in [1.54, 1.807) is 0 Å². The quantitative estimate of drug-likeness (QED) is 0.548. The molecule has 0 radical (unpaired) electrons. The van der Waals surface area contributed by atoms with Crippen molar-refractivity contribution >= 4 is 16.4 Å². The topological polar surface area (TPSA) is 112 Å². The van der Waals surface area contributed by atoms with E-state index in [-0.39, 0.29) is 0 Å². The highest BCUT2D eigenvalue weighted by Gasteiger charge is 2.08. The largest absolute Gasteiger partial charge is 0.394 e. The summed E-state index contributed by atoms with van der Waals surface area (Å²) in [6.45, 7) is 8.30. The van der Waals surface area contributed by atoms with Gasteiger partial charge < -0.3 is 4.74 Å². The van der Waals surface area contributed by atoms with Crippen molar-refractivity contribution < 1.29 is 22.3 Å². The molecule has 1 aliphatic rings. The Bertz CT molecular complexity index is 350. The van der Waals surface area contributed by atoms with Crippen LogP contribution in [0.3, 0.4) is 0 Å². The van der Waals surface area contributed by atoms with Gasteiger partial charge in [0.05, 0.1) is 25.8 Å². The molecule has 18 heavy (non-hydrogen) atoms. The molecule has 1 fully saturated rings. The van der Waals surface area contributed by atoms with Gasteiger partial charge in [0.2, 0.25) is 0 Å². The zero-order valence-electron chi connectivity index (χ0n) is 10.3. The van der Waals surface area contributed by atoms with Crippen LogP contribution in [0.15, 0.2) is 9.98 Å². The highest BCUT2D eigenvalue weighted by Crippen LogP contribution is 1.95. The van der Waals surface area contributed by atoms with Crippen LogP contribution in [0.2, 0.25) is 0 Å². The van der Waals surface area contributed by atoms with Crippen molar-refractivity contribution in [2.45, 2.75) is 6.92 Å². The molecule has 0 spiro atoms. The van der Waals surface area contributed by atoms with Crippen LogP contribution in [0.4, 0.5) is 0 Å². The van der Waals surface area contributed by atoms with Crippen molar-refractivity contribution in [3.05, 3.63) is 0 Å². The lowest BCUT2D eigenvalue weighted by Crippen LogP contribution is -2.37. The molecule has 0 unspecified atom stereocenters. The van der Waals surface area contributed by atoms with Crippen LogP contribution in [0.25, 0.3) is 0 Å². The molecule has 0 bridgehead atoms. The number of nitrogens with zero attached hydrogens (tertiary/aromatic N) is 3. The maximum Gasteiger partial charge on any atom is 0.394 e. The summed E-state index contributed by atoms with van der Waals surface area (Å²) in [4.78, 5) is 10.3. The highest BCUT2D eigenvalue weighted by atomic mass is 32.3. The summed E-state index contributed by atoms with van der Waals surface area (Å²) in [7, 11) is -4.67. The number of morpholine rings is 1. The molecule has 0 amide bonds. The zero-order chi connectivity index (χ0) is 13.9. The lowest BCUT2D eigenvalue weighted by molar-refractivity contribution is 0.0395. The SMILES string of the molecule is CCN=C=NCCN1CCOCC1.O=S(=O)(O)O. The Morgan fingerprint density at radius 1 is 1.28 bits per heavy atom. The fourth-order valence-corrected chi connectivity index (χ4v) is 1.19. The van der Waals surface area contributed by atoms with E-state index < -0.39 is 10.4 Å². The summed E-state index contributed by atoms with van der Waals surface area (Å²) < 4.78 is 36.8. The molecule has 1 aliphatic heterocycles. The van der Waals surface area contributed by atoms with Gasteiger partial charge in [-0.1, -0.05) is 0 Å². The van der Waals surface area contributed by atoms with Gasteiger partial charge in [-0.2, -0.15) is 8.42 Å². The minimum absolute atomic E-state index is 0.765. The fraction of sp³-hybridized carbons (Fsp3) is 0.889. The molecule has 9 heteroatoms. The number of rotatable bonds is 4. The van der Waals surface area contributed by atoms with Gasteiger partial charge in [0.15, 0.2) is 0 Å². The Labute approximate surface area is 107 Å². The zero-order valence-corrected chi connectivity index (χ0v) is 11.1. The minimum Gasteiger partial charge on any atom is -0.379 e. The van der Waals surface area contributed by atoms with Gasteiger partial charge in [-0.15, -0.1) is 0 Å². The van der Waals surface area contributed by atoms with Crippen molar-refractivity contribution in [3.8, 4) is 0 Å². The third-order valence-electron chi connectivity index (χ3n) is 1.93. The van der Waals surface area contributed by atoms with E-state index in [4.69, 9.17) is 22.3 Å². The first kappa shape index (κ1) is 17.2. The van der Waals surface area contributed by atoms with Gasteiger partial charge in [0.1, 0.15) is 0 Å². The number of hydrogen-bond acceptors (Lipinski definition) is 6. The van der Waals surface area contributed by atoms with Gasteiger partial charge in [-0.05, 0) is 6.92 Å². The lowest BCUT2D eigenvalue weighted by Gasteiger charge is -2.25. The number of hydrogen-bond donors (Lipinski definition) is 2. The molecule has 0 aromatic carbocycles. The number of aliphatic imine (C=N–C) groups is 2. The first-order chi connectivity index (χ1) is 8.43. The van der Waals surface area contributed by atoms with Crippen molar-refractivity contribution in [2.24, 2.45) is 9.98 Å². The molecule has 0 aromatic heterocycles.